The molecule has 144 valence electrons. The number of nitrogens with zero attached hydrogens (tertiary/aromatic N) is 1. The summed E-state index contributed by atoms with van der Waals surface area (Å²) in [5, 5.41) is 10.3. The molecule has 2 nitrogen and oxygen atoms in total. The van der Waals surface area contributed by atoms with Gasteiger partial charge in [-0.3, -0.25) is 4.90 Å². The second kappa shape index (κ2) is 9.18. The van der Waals surface area contributed by atoms with E-state index in [1.807, 2.05) is 6.07 Å². The molecule has 0 aromatic heterocycles. The van der Waals surface area contributed by atoms with Gasteiger partial charge >= 0.3 is 0 Å². The van der Waals surface area contributed by atoms with E-state index in [9.17, 15) is 5.11 Å². The maximum Gasteiger partial charge on any atom is 0.0628 e. The molecule has 3 aromatic rings. The lowest BCUT2D eigenvalue weighted by Crippen LogP contribution is -2.42. The zero-order valence-electron chi connectivity index (χ0n) is 16.3. The molecular formula is C26H29NO. The first-order valence-electron chi connectivity index (χ1n) is 10.4. The summed E-state index contributed by atoms with van der Waals surface area (Å²) < 4.78 is 0. The molecule has 1 heterocycles. The van der Waals surface area contributed by atoms with Crippen LogP contribution >= 0.6 is 0 Å². The summed E-state index contributed by atoms with van der Waals surface area (Å²) in [6.45, 7) is 1.15. The zero-order chi connectivity index (χ0) is 19.2. The lowest BCUT2D eigenvalue weighted by molar-refractivity contribution is 0.0316. The van der Waals surface area contributed by atoms with Crippen molar-refractivity contribution in [1.29, 1.82) is 0 Å². The monoisotopic (exact) mass is 371 g/mol. The highest BCUT2D eigenvalue weighted by atomic mass is 16.3. The fraction of sp³-hybridized carbons (Fsp3) is 0.308. The van der Waals surface area contributed by atoms with Crippen molar-refractivity contribution in [2.45, 2.75) is 31.3 Å². The highest BCUT2D eigenvalue weighted by Gasteiger charge is 2.34. The van der Waals surface area contributed by atoms with E-state index in [0.29, 0.717) is 12.0 Å². The van der Waals surface area contributed by atoms with E-state index in [-0.39, 0.29) is 12.6 Å². The number of likely N-dealkylation sites (tertiary alicyclic amines) is 1. The zero-order valence-corrected chi connectivity index (χ0v) is 16.3. The van der Waals surface area contributed by atoms with E-state index < -0.39 is 0 Å². The van der Waals surface area contributed by atoms with Crippen molar-refractivity contribution >= 4 is 0 Å². The lowest BCUT2D eigenvalue weighted by atomic mass is 9.84. The first-order valence-corrected chi connectivity index (χ1v) is 10.4. The standard InChI is InChI=1S/C26H29NO/c28-20-26(24-14-8-3-9-15-24)27-19-22(18-21-10-4-1-5-11-21)16-17-25(27)23-12-6-2-7-13-23/h1-15,22,25-26,28H,16-20H2/t22-,25-,26-/m0/s1. The van der Waals surface area contributed by atoms with Crippen LogP contribution in [-0.2, 0) is 6.42 Å². The molecule has 2 heteroatoms. The summed E-state index contributed by atoms with van der Waals surface area (Å²) in [7, 11) is 0. The van der Waals surface area contributed by atoms with Crippen LogP contribution in [-0.4, -0.2) is 23.2 Å². The number of rotatable bonds is 6. The van der Waals surface area contributed by atoms with Gasteiger partial charge in [-0.2, -0.15) is 0 Å². The number of hydrogen-bond acceptors (Lipinski definition) is 2. The van der Waals surface area contributed by atoms with Crippen LogP contribution in [0.4, 0.5) is 0 Å². The van der Waals surface area contributed by atoms with E-state index in [4.69, 9.17) is 0 Å². The van der Waals surface area contributed by atoms with Gasteiger partial charge in [0.05, 0.1) is 12.6 Å². The summed E-state index contributed by atoms with van der Waals surface area (Å²) in [6, 6.07) is 32.4. The summed E-state index contributed by atoms with van der Waals surface area (Å²) in [5.74, 6) is 0.611. The van der Waals surface area contributed by atoms with E-state index >= 15 is 0 Å². The molecule has 1 saturated heterocycles. The Morgan fingerprint density at radius 1 is 0.786 bits per heavy atom. The first kappa shape index (κ1) is 18.9. The molecule has 0 saturated carbocycles. The highest BCUT2D eigenvalue weighted by molar-refractivity contribution is 5.24. The molecule has 1 aliphatic rings. The first-order chi connectivity index (χ1) is 13.8. The van der Waals surface area contributed by atoms with Gasteiger partial charge in [0.15, 0.2) is 0 Å². The van der Waals surface area contributed by atoms with Crippen LogP contribution in [0.15, 0.2) is 91.0 Å². The van der Waals surface area contributed by atoms with Crippen LogP contribution in [0.2, 0.25) is 0 Å². The molecule has 1 N–H and O–H groups in total. The topological polar surface area (TPSA) is 23.5 Å². The molecule has 3 aromatic carbocycles. The quantitative estimate of drug-likeness (QED) is 0.626. The van der Waals surface area contributed by atoms with Crippen LogP contribution in [0, 0.1) is 5.92 Å². The molecule has 3 atom stereocenters. The Hall–Kier alpha value is -2.42. The second-order valence-corrected chi connectivity index (χ2v) is 7.87. The van der Waals surface area contributed by atoms with Gasteiger partial charge < -0.3 is 5.11 Å². The molecule has 1 aliphatic heterocycles. The lowest BCUT2D eigenvalue weighted by Gasteiger charge is -2.44. The number of aliphatic hydroxyl groups is 1. The SMILES string of the molecule is OC[C@@H](c1ccccc1)N1C[C@H](Cc2ccccc2)CC[C@H]1c1ccccc1. The van der Waals surface area contributed by atoms with Crippen LogP contribution in [0.3, 0.4) is 0 Å². The fourth-order valence-electron chi connectivity index (χ4n) is 4.64. The molecule has 0 bridgehead atoms. The molecule has 4 rings (SSSR count). The molecule has 0 spiro atoms. The molecule has 0 aliphatic carbocycles. The number of aliphatic hydroxyl groups excluding tert-OH is 1. The molecule has 0 amide bonds. The average molecular weight is 372 g/mol. The van der Waals surface area contributed by atoms with E-state index in [0.717, 1.165) is 19.4 Å². The third-order valence-corrected chi connectivity index (χ3v) is 6.03. The van der Waals surface area contributed by atoms with Crippen LogP contribution < -0.4 is 0 Å². The van der Waals surface area contributed by atoms with Gasteiger partial charge in [0.1, 0.15) is 0 Å². The summed E-state index contributed by atoms with van der Waals surface area (Å²) in [4.78, 5) is 2.54. The predicted molar refractivity (Wildman–Crippen MR) is 115 cm³/mol. The number of benzene rings is 3. The van der Waals surface area contributed by atoms with Gasteiger partial charge in [-0.1, -0.05) is 91.0 Å². The molecule has 28 heavy (non-hydrogen) atoms. The van der Waals surface area contributed by atoms with Crippen LogP contribution in [0.1, 0.15) is 41.6 Å². The predicted octanol–water partition coefficient (Wildman–Crippen LogP) is 5.42. The van der Waals surface area contributed by atoms with Crippen molar-refractivity contribution < 1.29 is 5.11 Å². The summed E-state index contributed by atoms with van der Waals surface area (Å²) >= 11 is 0. The van der Waals surface area contributed by atoms with Gasteiger partial charge in [-0.25, -0.2) is 0 Å². The van der Waals surface area contributed by atoms with Gasteiger partial charge in [-0.15, -0.1) is 0 Å². The maximum atomic E-state index is 10.3. The number of piperidine rings is 1. The Balaban J connectivity index is 1.61. The normalized spacial score (nSPS) is 21.3. The molecule has 0 unspecified atom stereocenters. The third-order valence-electron chi connectivity index (χ3n) is 6.03. The van der Waals surface area contributed by atoms with Gasteiger partial charge in [0.2, 0.25) is 0 Å². The second-order valence-electron chi connectivity index (χ2n) is 7.87. The van der Waals surface area contributed by atoms with Gasteiger partial charge in [0.25, 0.3) is 0 Å². The molecular weight excluding hydrogens is 342 g/mol. The Morgan fingerprint density at radius 2 is 1.39 bits per heavy atom. The highest BCUT2D eigenvalue weighted by Crippen LogP contribution is 2.40. The van der Waals surface area contributed by atoms with Crippen molar-refractivity contribution in [3.63, 3.8) is 0 Å². The third kappa shape index (κ3) is 4.35. The van der Waals surface area contributed by atoms with Crippen molar-refractivity contribution in [3.05, 3.63) is 108 Å². The average Bonchev–Trinajstić information content (AvgIpc) is 2.77. The Labute approximate surface area is 168 Å². The Kier molecular flexibility index (Phi) is 6.20. The van der Waals surface area contributed by atoms with E-state index in [2.05, 4.69) is 89.8 Å². The van der Waals surface area contributed by atoms with Crippen LogP contribution in [0.25, 0.3) is 0 Å². The Morgan fingerprint density at radius 3 is 2.04 bits per heavy atom. The van der Waals surface area contributed by atoms with Crippen LogP contribution in [0.5, 0.6) is 0 Å². The van der Waals surface area contributed by atoms with E-state index in [1.54, 1.807) is 0 Å². The minimum Gasteiger partial charge on any atom is -0.394 e. The molecule has 1 fully saturated rings. The molecule has 0 radical (unpaired) electrons. The largest absolute Gasteiger partial charge is 0.394 e. The van der Waals surface area contributed by atoms with Crippen molar-refractivity contribution in [2.75, 3.05) is 13.2 Å². The smallest absolute Gasteiger partial charge is 0.0628 e. The fourth-order valence-corrected chi connectivity index (χ4v) is 4.64. The van der Waals surface area contributed by atoms with Crippen molar-refractivity contribution in [1.82, 2.24) is 4.90 Å². The summed E-state index contributed by atoms with van der Waals surface area (Å²) in [6.07, 6.45) is 3.45. The van der Waals surface area contributed by atoms with Crippen molar-refractivity contribution in [2.24, 2.45) is 5.92 Å². The minimum absolute atomic E-state index is 0.0324. The van der Waals surface area contributed by atoms with Crippen molar-refractivity contribution in [3.8, 4) is 0 Å². The summed E-state index contributed by atoms with van der Waals surface area (Å²) in [5.41, 5.74) is 3.97. The Bertz CT molecular complexity index is 793. The number of hydrogen-bond donors (Lipinski definition) is 1. The minimum atomic E-state index is 0.0324. The van der Waals surface area contributed by atoms with Gasteiger partial charge in [0, 0.05) is 12.6 Å². The van der Waals surface area contributed by atoms with Gasteiger partial charge in [-0.05, 0) is 41.9 Å². The van der Waals surface area contributed by atoms with E-state index in [1.165, 1.54) is 23.1 Å². The maximum absolute atomic E-state index is 10.3.